The maximum atomic E-state index is 7.18. The highest BCUT2D eigenvalue weighted by molar-refractivity contribution is 6.04. The van der Waals surface area contributed by atoms with Crippen LogP contribution in [0.5, 0.6) is 0 Å². The minimum absolute atomic E-state index is 0.844. The van der Waals surface area contributed by atoms with Gasteiger partial charge in [0.05, 0.1) is 0 Å². The number of para-hydroxylation sites is 1. The summed E-state index contributed by atoms with van der Waals surface area (Å²) >= 11 is 0. The van der Waals surface area contributed by atoms with Crippen molar-refractivity contribution in [3.63, 3.8) is 0 Å². The van der Waals surface area contributed by atoms with Crippen LogP contribution in [0, 0.1) is 5.41 Å². The molecule has 0 bridgehead atoms. The third-order valence-corrected chi connectivity index (χ3v) is 3.33. The first-order chi connectivity index (χ1) is 10.3. The molecule has 0 radical (unpaired) electrons. The smallest absolute Gasteiger partial charge is 0.135 e. The van der Waals surface area contributed by atoms with Gasteiger partial charge in [-0.25, -0.2) is 0 Å². The van der Waals surface area contributed by atoms with Crippen LogP contribution in [0.25, 0.3) is 21.9 Å². The molecule has 0 saturated heterocycles. The Morgan fingerprint density at radius 3 is 2.52 bits per heavy atom. The molecular formula is C19H21NO. The molecule has 2 nitrogen and oxygen atoms in total. The Morgan fingerprint density at radius 1 is 1.05 bits per heavy atom. The Labute approximate surface area is 125 Å². The second-order valence-corrected chi connectivity index (χ2v) is 4.73. The van der Waals surface area contributed by atoms with Crippen LogP contribution in [-0.2, 0) is 6.42 Å². The maximum Gasteiger partial charge on any atom is 0.135 e. The predicted molar refractivity (Wildman–Crippen MR) is 91.3 cm³/mol. The molecule has 2 heteroatoms. The summed E-state index contributed by atoms with van der Waals surface area (Å²) in [5.74, 6) is 0. The Kier molecular flexibility index (Phi) is 4.94. The zero-order chi connectivity index (χ0) is 15.2. The van der Waals surface area contributed by atoms with Crippen molar-refractivity contribution in [2.24, 2.45) is 0 Å². The Bertz CT molecular complexity index is 780. The Balaban J connectivity index is 0.000000774. The lowest BCUT2D eigenvalue weighted by Gasteiger charge is -1.97. The van der Waals surface area contributed by atoms with Crippen LogP contribution < -0.4 is 0 Å². The molecular weight excluding hydrogens is 258 g/mol. The van der Waals surface area contributed by atoms with Crippen molar-refractivity contribution in [2.45, 2.75) is 27.2 Å². The first-order valence-electron chi connectivity index (χ1n) is 7.35. The summed E-state index contributed by atoms with van der Waals surface area (Å²) in [7, 11) is 0. The van der Waals surface area contributed by atoms with E-state index in [1.165, 1.54) is 11.8 Å². The van der Waals surface area contributed by atoms with Crippen LogP contribution in [-0.4, -0.2) is 6.21 Å². The molecule has 0 aliphatic rings. The van der Waals surface area contributed by atoms with E-state index in [2.05, 4.69) is 24.3 Å². The molecule has 0 amide bonds. The second-order valence-electron chi connectivity index (χ2n) is 4.73. The van der Waals surface area contributed by atoms with Crippen molar-refractivity contribution in [3.8, 4) is 0 Å². The van der Waals surface area contributed by atoms with E-state index in [0.717, 1.165) is 33.9 Å². The van der Waals surface area contributed by atoms with E-state index >= 15 is 0 Å². The lowest BCUT2D eigenvalue weighted by atomic mass is 10.1. The van der Waals surface area contributed by atoms with Crippen molar-refractivity contribution in [3.05, 3.63) is 59.7 Å². The summed E-state index contributed by atoms with van der Waals surface area (Å²) in [4.78, 5) is 0. The van der Waals surface area contributed by atoms with Gasteiger partial charge in [-0.3, -0.25) is 0 Å². The average Bonchev–Trinajstić information content (AvgIpc) is 2.92. The van der Waals surface area contributed by atoms with Gasteiger partial charge in [0.15, 0.2) is 0 Å². The van der Waals surface area contributed by atoms with Gasteiger partial charge in [-0.05, 0) is 42.7 Å². The summed E-state index contributed by atoms with van der Waals surface area (Å²) in [6.07, 6.45) is 4.29. The van der Waals surface area contributed by atoms with Crippen LogP contribution in [0.3, 0.4) is 0 Å². The molecule has 2 aromatic carbocycles. The first kappa shape index (κ1) is 15.0. The average molecular weight is 279 g/mol. The molecule has 3 rings (SSSR count). The zero-order valence-corrected chi connectivity index (χ0v) is 12.8. The van der Waals surface area contributed by atoms with Gasteiger partial charge in [0.25, 0.3) is 0 Å². The molecule has 0 fully saturated rings. The molecule has 0 aliphatic heterocycles. The predicted octanol–water partition coefficient (Wildman–Crippen LogP) is 5.75. The Morgan fingerprint density at radius 2 is 1.76 bits per heavy atom. The monoisotopic (exact) mass is 279 g/mol. The van der Waals surface area contributed by atoms with Gasteiger partial charge in [0.2, 0.25) is 0 Å². The molecule has 1 heterocycles. The molecule has 1 N–H and O–H groups in total. The van der Waals surface area contributed by atoms with E-state index in [1.54, 1.807) is 0 Å². The van der Waals surface area contributed by atoms with Crippen LogP contribution in [0.1, 0.15) is 26.3 Å². The molecule has 0 unspecified atom stereocenters. The minimum atomic E-state index is 0.844. The molecule has 3 aromatic rings. The summed E-state index contributed by atoms with van der Waals surface area (Å²) in [5, 5.41) is 9.50. The number of furan rings is 1. The van der Waals surface area contributed by atoms with Gasteiger partial charge in [-0.1, -0.05) is 44.2 Å². The summed E-state index contributed by atoms with van der Waals surface area (Å²) in [6, 6.07) is 14.4. The van der Waals surface area contributed by atoms with E-state index in [1.807, 2.05) is 45.0 Å². The van der Waals surface area contributed by atoms with Crippen LogP contribution in [0.4, 0.5) is 0 Å². The maximum absolute atomic E-state index is 7.18. The van der Waals surface area contributed by atoms with E-state index in [0.29, 0.717) is 0 Å². The fourth-order valence-corrected chi connectivity index (χ4v) is 2.24. The third kappa shape index (κ3) is 3.22. The Hall–Kier alpha value is -2.35. The summed E-state index contributed by atoms with van der Waals surface area (Å²) in [6.45, 7) is 5.94. The van der Waals surface area contributed by atoms with Crippen molar-refractivity contribution >= 4 is 28.2 Å². The molecule has 108 valence electrons. The highest BCUT2D eigenvalue weighted by Crippen LogP contribution is 2.29. The fourth-order valence-electron chi connectivity index (χ4n) is 2.24. The number of nitrogens with one attached hydrogen (secondary N) is 1. The topological polar surface area (TPSA) is 37.0 Å². The summed E-state index contributed by atoms with van der Waals surface area (Å²) < 4.78 is 5.80. The summed E-state index contributed by atoms with van der Waals surface area (Å²) in [5.41, 5.74) is 4.08. The van der Waals surface area contributed by atoms with Crippen LogP contribution in [0.15, 0.2) is 58.5 Å². The van der Waals surface area contributed by atoms with Gasteiger partial charge in [-0.2, -0.15) is 0 Å². The van der Waals surface area contributed by atoms with E-state index in [9.17, 15) is 0 Å². The first-order valence-corrected chi connectivity index (χ1v) is 7.35. The minimum Gasteiger partial charge on any atom is -0.456 e. The normalized spacial score (nSPS) is 11.3. The van der Waals surface area contributed by atoms with Crippen LogP contribution in [0.2, 0.25) is 0 Å². The highest BCUT2D eigenvalue weighted by atomic mass is 16.3. The standard InChI is InChI=1S/C17H15NO.C2H6/c1-12(11-18)6-7-13-8-9-17-15(10-13)14-4-2-3-5-16(14)19-17;1-2/h2-6,8-11,18H,7H2,1H3;1-2H3/b12-6-,18-11?;. The van der Waals surface area contributed by atoms with Crippen molar-refractivity contribution in [2.75, 3.05) is 0 Å². The number of hydrogen-bond acceptors (Lipinski definition) is 2. The molecule has 0 aliphatic carbocycles. The third-order valence-electron chi connectivity index (χ3n) is 3.33. The van der Waals surface area contributed by atoms with Gasteiger partial charge in [0.1, 0.15) is 11.2 Å². The lowest BCUT2D eigenvalue weighted by Crippen LogP contribution is -1.83. The van der Waals surface area contributed by atoms with Crippen LogP contribution >= 0.6 is 0 Å². The zero-order valence-electron chi connectivity index (χ0n) is 12.8. The number of hydrogen-bond donors (Lipinski definition) is 1. The lowest BCUT2D eigenvalue weighted by molar-refractivity contribution is 0.669. The largest absolute Gasteiger partial charge is 0.456 e. The highest BCUT2D eigenvalue weighted by Gasteiger charge is 2.06. The molecule has 0 spiro atoms. The van der Waals surface area contributed by atoms with Gasteiger partial charge >= 0.3 is 0 Å². The number of allylic oxidation sites excluding steroid dienone is 2. The quantitative estimate of drug-likeness (QED) is 0.609. The van der Waals surface area contributed by atoms with Crippen molar-refractivity contribution in [1.82, 2.24) is 0 Å². The van der Waals surface area contributed by atoms with E-state index in [4.69, 9.17) is 9.83 Å². The van der Waals surface area contributed by atoms with E-state index in [-0.39, 0.29) is 0 Å². The van der Waals surface area contributed by atoms with Gasteiger partial charge in [0, 0.05) is 17.0 Å². The molecule has 0 saturated carbocycles. The number of rotatable bonds is 3. The van der Waals surface area contributed by atoms with E-state index < -0.39 is 0 Å². The van der Waals surface area contributed by atoms with Crippen molar-refractivity contribution in [1.29, 1.82) is 5.41 Å². The number of benzene rings is 2. The van der Waals surface area contributed by atoms with Gasteiger partial charge in [-0.15, -0.1) is 0 Å². The second kappa shape index (κ2) is 6.89. The SMILES string of the molecule is C/C(C=N)=C/Cc1ccc2oc3ccccc3c2c1.CC. The number of fused-ring (bicyclic) bond motifs is 3. The molecule has 0 atom stereocenters. The van der Waals surface area contributed by atoms with Crippen molar-refractivity contribution < 1.29 is 4.42 Å². The molecule has 21 heavy (non-hydrogen) atoms. The molecule has 1 aromatic heterocycles. The van der Waals surface area contributed by atoms with Gasteiger partial charge < -0.3 is 9.83 Å². The fraction of sp³-hybridized carbons (Fsp3) is 0.211.